The summed E-state index contributed by atoms with van der Waals surface area (Å²) in [5.74, 6) is 0.970. The molecule has 3 N–H and O–H groups in total. The number of amidine groups is 1. The highest BCUT2D eigenvalue weighted by Crippen LogP contribution is 2.24. The van der Waals surface area contributed by atoms with Crippen molar-refractivity contribution in [2.45, 2.75) is 19.8 Å². The molecule has 1 aliphatic rings. The Bertz CT molecular complexity index is 588. The van der Waals surface area contributed by atoms with Gasteiger partial charge in [-0.05, 0) is 18.2 Å². The zero-order chi connectivity index (χ0) is 12.4. The number of nitrogens with two attached hydrogens (primary N) is 1. The summed E-state index contributed by atoms with van der Waals surface area (Å²) in [6, 6.07) is 1.88. The number of thiophene rings is 1. The first-order valence-corrected chi connectivity index (χ1v) is 7.74. The molecule has 1 aromatic heterocycles. The first kappa shape index (κ1) is 12.4. The Morgan fingerprint density at radius 1 is 1.71 bits per heavy atom. The van der Waals surface area contributed by atoms with Crippen LogP contribution in [0.1, 0.15) is 24.6 Å². The molecule has 2 rings (SSSR count). The highest BCUT2D eigenvalue weighted by molar-refractivity contribution is 8.23. The van der Waals surface area contributed by atoms with Crippen molar-refractivity contribution in [2.24, 2.45) is 10.7 Å². The van der Waals surface area contributed by atoms with E-state index in [-0.39, 0.29) is 28.0 Å². The molecule has 0 aromatic carbocycles. The van der Waals surface area contributed by atoms with E-state index in [4.69, 9.17) is 11.1 Å². The molecule has 0 spiro atoms. The first-order chi connectivity index (χ1) is 8.13. The lowest BCUT2D eigenvalue weighted by molar-refractivity contribution is -0.109. The topological polar surface area (TPSA) is 79.3 Å². The lowest BCUT2D eigenvalue weighted by atomic mass is 10.4. The molecule has 92 valence electrons. The molecule has 17 heavy (non-hydrogen) atoms. The van der Waals surface area contributed by atoms with Gasteiger partial charge in [0.15, 0.2) is 0 Å². The van der Waals surface area contributed by atoms with Crippen LogP contribution in [0.15, 0.2) is 11.1 Å². The molecule has 1 aromatic rings. The number of carbonyl (C=O) groups excluding carboxylic acids is 1. The van der Waals surface area contributed by atoms with Crippen molar-refractivity contribution < 1.29 is 4.79 Å². The van der Waals surface area contributed by atoms with Gasteiger partial charge in [0, 0.05) is 4.51 Å². The van der Waals surface area contributed by atoms with E-state index in [9.17, 15) is 4.79 Å². The van der Waals surface area contributed by atoms with Gasteiger partial charge < -0.3 is 5.73 Å². The third kappa shape index (κ3) is 2.47. The van der Waals surface area contributed by atoms with Crippen LogP contribution in [0.4, 0.5) is 0 Å². The second-order valence-electron chi connectivity index (χ2n) is 3.83. The quantitative estimate of drug-likeness (QED) is 0.493. The molecule has 6 heteroatoms. The zero-order valence-corrected chi connectivity index (χ0v) is 11.3. The number of nitrogens with zero attached hydrogens (tertiary/aromatic N) is 1. The minimum absolute atomic E-state index is 0.0612. The molecule has 1 atom stereocenters. The molecule has 1 unspecified atom stereocenters. The minimum Gasteiger partial charge on any atom is -0.383 e. The van der Waals surface area contributed by atoms with Gasteiger partial charge in [-0.25, -0.2) is 0 Å². The van der Waals surface area contributed by atoms with Crippen molar-refractivity contribution in [1.29, 1.82) is 5.41 Å². The van der Waals surface area contributed by atoms with Crippen LogP contribution in [-0.2, 0) is 4.79 Å². The van der Waals surface area contributed by atoms with Crippen molar-refractivity contribution in [2.75, 3.05) is 12.3 Å². The van der Waals surface area contributed by atoms with Gasteiger partial charge in [-0.2, -0.15) is 0 Å². The van der Waals surface area contributed by atoms with E-state index in [0.717, 1.165) is 32.7 Å². The third-order valence-electron chi connectivity index (χ3n) is 2.54. The zero-order valence-electron chi connectivity index (χ0n) is 9.66. The van der Waals surface area contributed by atoms with Gasteiger partial charge in [0.1, 0.15) is 17.1 Å². The maximum absolute atomic E-state index is 11.9. The summed E-state index contributed by atoms with van der Waals surface area (Å²) < 4.78 is 1.90. The van der Waals surface area contributed by atoms with Gasteiger partial charge in [-0.15, -0.1) is 21.8 Å². The number of unbranched alkanes of at least 4 members (excludes halogenated alkanes) is 1. The number of fused-ring (bicyclic) bond motifs is 1. The van der Waals surface area contributed by atoms with E-state index >= 15 is 0 Å². The second kappa shape index (κ2) is 5.10. The van der Waals surface area contributed by atoms with Crippen molar-refractivity contribution in [3.05, 3.63) is 20.1 Å². The standard InChI is InChI=1S/C11H15N3OS2/c1-2-3-4-17-8-5-7(10(12)13)16-11(8)14-6-9(17)15/h5H,2-4,6H2,1H3,(H3,12,13). The molecule has 0 bridgehead atoms. The van der Waals surface area contributed by atoms with Gasteiger partial charge in [-0.1, -0.05) is 13.3 Å². The molecular weight excluding hydrogens is 254 g/mol. The highest BCUT2D eigenvalue weighted by Gasteiger charge is 2.15. The van der Waals surface area contributed by atoms with Gasteiger partial charge in [0.05, 0.1) is 4.88 Å². The average Bonchev–Trinajstić information content (AvgIpc) is 2.72. The maximum atomic E-state index is 11.9. The van der Waals surface area contributed by atoms with Gasteiger partial charge in [0.25, 0.3) is 0 Å². The van der Waals surface area contributed by atoms with Crippen molar-refractivity contribution in [3.8, 4) is 0 Å². The monoisotopic (exact) mass is 269 g/mol. The van der Waals surface area contributed by atoms with E-state index in [1.54, 1.807) is 0 Å². The Balaban J connectivity index is 2.57. The van der Waals surface area contributed by atoms with Crippen LogP contribution in [0.5, 0.6) is 0 Å². The first-order valence-electron chi connectivity index (χ1n) is 5.53. The summed E-state index contributed by atoms with van der Waals surface area (Å²) in [7, 11) is -0.334. The smallest absolute Gasteiger partial charge is 0.205 e. The van der Waals surface area contributed by atoms with E-state index in [1.165, 1.54) is 11.3 Å². The van der Waals surface area contributed by atoms with Crippen LogP contribution in [0.2, 0.25) is 0 Å². The summed E-state index contributed by atoms with van der Waals surface area (Å²) in [6.45, 7) is 2.41. The van der Waals surface area contributed by atoms with Crippen molar-refractivity contribution >= 4 is 32.8 Å². The van der Waals surface area contributed by atoms with Crippen LogP contribution in [-0.4, -0.2) is 23.2 Å². The maximum Gasteiger partial charge on any atom is 0.205 e. The van der Waals surface area contributed by atoms with Gasteiger partial charge in [0.2, 0.25) is 5.12 Å². The molecule has 0 amide bonds. The number of hydrogen-bond acceptors (Lipinski definition) is 4. The Morgan fingerprint density at radius 3 is 3.12 bits per heavy atom. The summed E-state index contributed by atoms with van der Waals surface area (Å²) in [4.78, 5) is 16.9. The normalized spacial score (nSPS) is 18.6. The Kier molecular flexibility index (Phi) is 3.73. The van der Waals surface area contributed by atoms with E-state index in [1.807, 2.05) is 6.07 Å². The average molecular weight is 269 g/mol. The predicted molar refractivity (Wildman–Crippen MR) is 72.6 cm³/mol. The molecule has 0 saturated carbocycles. The Hall–Kier alpha value is -1.01. The van der Waals surface area contributed by atoms with Crippen LogP contribution < -0.4 is 10.4 Å². The molecule has 0 saturated heterocycles. The molecule has 4 nitrogen and oxygen atoms in total. The van der Waals surface area contributed by atoms with Gasteiger partial charge in [-0.3, -0.25) is 15.2 Å². The van der Waals surface area contributed by atoms with E-state index in [2.05, 4.69) is 11.9 Å². The third-order valence-corrected chi connectivity index (χ3v) is 5.99. The number of hydrogen-bond donors (Lipinski definition) is 2. The number of nitrogen functional groups attached to an aromatic ring is 1. The second-order valence-corrected chi connectivity index (χ2v) is 6.95. The number of rotatable bonds is 4. The van der Waals surface area contributed by atoms with E-state index in [0.29, 0.717) is 0 Å². The molecular formula is C11H15N3OS2. The molecule has 1 aliphatic heterocycles. The fourth-order valence-electron chi connectivity index (χ4n) is 1.63. The molecule has 0 radical (unpaired) electrons. The number of nitrogens with one attached hydrogen (secondary N) is 1. The largest absolute Gasteiger partial charge is 0.383 e. The summed E-state index contributed by atoms with van der Waals surface area (Å²) in [5.41, 5.74) is 5.48. The van der Waals surface area contributed by atoms with Crippen molar-refractivity contribution in [3.63, 3.8) is 0 Å². The van der Waals surface area contributed by atoms with E-state index < -0.39 is 0 Å². The Labute approximate surface area is 106 Å². The summed E-state index contributed by atoms with van der Waals surface area (Å²) >= 11 is 1.42. The van der Waals surface area contributed by atoms with Crippen LogP contribution in [0.3, 0.4) is 0 Å². The van der Waals surface area contributed by atoms with Crippen LogP contribution >= 0.6 is 21.8 Å². The van der Waals surface area contributed by atoms with Crippen LogP contribution in [0.25, 0.3) is 0 Å². The summed E-state index contributed by atoms with van der Waals surface area (Å²) in [6.07, 6.45) is 2.15. The lowest BCUT2D eigenvalue weighted by Crippen LogP contribution is -2.13. The van der Waals surface area contributed by atoms with Crippen LogP contribution in [0, 0.1) is 9.92 Å². The van der Waals surface area contributed by atoms with Crippen molar-refractivity contribution in [1.82, 2.24) is 0 Å². The predicted octanol–water partition coefficient (Wildman–Crippen LogP) is 1.51. The fourth-order valence-corrected chi connectivity index (χ4v) is 4.94. The Morgan fingerprint density at radius 2 is 2.47 bits per heavy atom. The molecule has 0 aliphatic carbocycles. The van der Waals surface area contributed by atoms with Gasteiger partial charge >= 0.3 is 0 Å². The fraction of sp³-hybridized carbons (Fsp3) is 0.455. The highest BCUT2D eigenvalue weighted by atomic mass is 32.2. The summed E-state index contributed by atoms with van der Waals surface area (Å²) in [5, 5.41) is 7.66. The lowest BCUT2D eigenvalue weighted by Gasteiger charge is -2.08. The molecule has 0 fully saturated rings. The molecule has 2 heterocycles. The SMILES string of the molecule is CCCCS1=c2cc(C(=N)N)sc2=NCC1=O. The number of carbonyl (C=O) groups is 1. The minimum atomic E-state index is -0.334.